The Bertz CT molecular complexity index is 437. The van der Waals surface area contributed by atoms with Gasteiger partial charge in [0.05, 0.1) is 6.04 Å². The highest BCUT2D eigenvalue weighted by Crippen LogP contribution is 2.28. The van der Waals surface area contributed by atoms with E-state index in [0.29, 0.717) is 12.1 Å². The van der Waals surface area contributed by atoms with Gasteiger partial charge in [0.25, 0.3) is 0 Å². The van der Waals surface area contributed by atoms with Crippen molar-refractivity contribution in [2.24, 2.45) is 10.4 Å². The summed E-state index contributed by atoms with van der Waals surface area (Å²) in [5.74, 6) is 1.05. The fraction of sp³-hybridized carbons (Fsp3) is 0.562. The van der Waals surface area contributed by atoms with E-state index in [4.69, 9.17) is 4.99 Å². The molecule has 0 radical (unpaired) electrons. The summed E-state index contributed by atoms with van der Waals surface area (Å²) in [4.78, 5) is 4.91. The lowest BCUT2D eigenvalue weighted by Crippen LogP contribution is -2.44. The number of hydrogen-bond donors (Lipinski definition) is 1. The highest BCUT2D eigenvalue weighted by Gasteiger charge is 2.30. The molecule has 2 rings (SSSR count). The van der Waals surface area contributed by atoms with E-state index in [-0.39, 0.29) is 5.41 Å². The third-order valence-corrected chi connectivity index (χ3v) is 3.57. The predicted molar refractivity (Wildman–Crippen MR) is 78.2 cm³/mol. The minimum absolute atomic E-state index is 0.228. The molecule has 0 bridgehead atoms. The molecule has 0 aliphatic carbocycles. The van der Waals surface area contributed by atoms with E-state index in [1.807, 2.05) is 0 Å². The van der Waals surface area contributed by atoms with Gasteiger partial charge >= 0.3 is 0 Å². The first kappa shape index (κ1) is 13.1. The molecule has 2 nitrogen and oxygen atoms in total. The van der Waals surface area contributed by atoms with E-state index >= 15 is 0 Å². The van der Waals surface area contributed by atoms with Gasteiger partial charge in [-0.15, -0.1) is 0 Å². The lowest BCUT2D eigenvalue weighted by Gasteiger charge is -2.35. The first-order valence-electron chi connectivity index (χ1n) is 6.77. The van der Waals surface area contributed by atoms with Crippen LogP contribution in [0.3, 0.4) is 0 Å². The van der Waals surface area contributed by atoms with Gasteiger partial charge in [0.15, 0.2) is 0 Å². The maximum absolute atomic E-state index is 4.91. The van der Waals surface area contributed by atoms with Crippen LogP contribution in [0.4, 0.5) is 0 Å². The molecule has 1 aromatic carbocycles. The topological polar surface area (TPSA) is 24.4 Å². The Kier molecular flexibility index (Phi) is 3.47. The van der Waals surface area contributed by atoms with E-state index in [9.17, 15) is 0 Å². The first-order chi connectivity index (χ1) is 8.36. The molecular weight excluding hydrogens is 220 g/mol. The number of nitrogens with zero attached hydrogens (tertiary/aromatic N) is 1. The standard InChI is InChI=1S/C16H24N2/c1-11-6-8-13(9-7-11)15-17-12(2)10-14(18-15)16(3,4)5/h6-9,12,14H,10H2,1-5H3,(H,17,18). The second kappa shape index (κ2) is 4.75. The molecule has 18 heavy (non-hydrogen) atoms. The SMILES string of the molecule is Cc1ccc(C2=NC(C(C)(C)C)CC(C)N2)cc1. The summed E-state index contributed by atoms with van der Waals surface area (Å²) in [7, 11) is 0. The van der Waals surface area contributed by atoms with Crippen molar-refractivity contribution in [2.45, 2.75) is 53.1 Å². The molecule has 1 aliphatic rings. The van der Waals surface area contributed by atoms with Crippen LogP contribution in [0, 0.1) is 12.3 Å². The van der Waals surface area contributed by atoms with Crippen molar-refractivity contribution < 1.29 is 0 Å². The van der Waals surface area contributed by atoms with Gasteiger partial charge in [-0.3, -0.25) is 4.99 Å². The number of aryl methyl sites for hydroxylation is 1. The molecule has 0 saturated heterocycles. The zero-order valence-electron chi connectivity index (χ0n) is 12.1. The summed E-state index contributed by atoms with van der Waals surface area (Å²) < 4.78 is 0. The molecule has 1 aromatic rings. The summed E-state index contributed by atoms with van der Waals surface area (Å²) in [6, 6.07) is 9.47. The number of rotatable bonds is 1. The zero-order valence-corrected chi connectivity index (χ0v) is 12.1. The van der Waals surface area contributed by atoms with Crippen molar-refractivity contribution in [1.82, 2.24) is 5.32 Å². The monoisotopic (exact) mass is 244 g/mol. The lowest BCUT2D eigenvalue weighted by molar-refractivity contribution is 0.281. The van der Waals surface area contributed by atoms with Crippen molar-refractivity contribution in [2.75, 3.05) is 0 Å². The average Bonchev–Trinajstić information content (AvgIpc) is 2.28. The van der Waals surface area contributed by atoms with Gasteiger partial charge in [-0.1, -0.05) is 50.6 Å². The van der Waals surface area contributed by atoms with Crippen LogP contribution in [0.25, 0.3) is 0 Å². The van der Waals surface area contributed by atoms with E-state index in [0.717, 1.165) is 12.3 Å². The van der Waals surface area contributed by atoms with Gasteiger partial charge in [-0.2, -0.15) is 0 Å². The number of nitrogens with one attached hydrogen (secondary N) is 1. The van der Waals surface area contributed by atoms with Gasteiger partial charge in [0, 0.05) is 11.6 Å². The molecule has 0 aromatic heterocycles. The van der Waals surface area contributed by atoms with Gasteiger partial charge < -0.3 is 5.32 Å². The predicted octanol–water partition coefficient (Wildman–Crippen LogP) is 3.54. The van der Waals surface area contributed by atoms with E-state index in [1.165, 1.54) is 11.1 Å². The largest absolute Gasteiger partial charge is 0.367 e. The van der Waals surface area contributed by atoms with Gasteiger partial charge in [0.2, 0.25) is 0 Å². The van der Waals surface area contributed by atoms with Crippen LogP contribution in [-0.4, -0.2) is 17.9 Å². The van der Waals surface area contributed by atoms with Crippen LogP contribution >= 0.6 is 0 Å². The summed E-state index contributed by atoms with van der Waals surface area (Å²) >= 11 is 0. The fourth-order valence-corrected chi connectivity index (χ4v) is 2.29. The number of hydrogen-bond acceptors (Lipinski definition) is 2. The molecule has 1 heterocycles. The van der Waals surface area contributed by atoms with Crippen LogP contribution in [0.5, 0.6) is 0 Å². The minimum Gasteiger partial charge on any atom is -0.367 e. The molecule has 2 unspecified atom stereocenters. The Balaban J connectivity index is 2.31. The van der Waals surface area contributed by atoms with E-state index < -0.39 is 0 Å². The highest BCUT2D eigenvalue weighted by atomic mass is 15.1. The molecule has 1 N–H and O–H groups in total. The maximum atomic E-state index is 4.91. The number of benzene rings is 1. The Labute approximate surface area is 111 Å². The minimum atomic E-state index is 0.228. The highest BCUT2D eigenvalue weighted by molar-refractivity contribution is 5.99. The maximum Gasteiger partial charge on any atom is 0.128 e. The van der Waals surface area contributed by atoms with Crippen molar-refractivity contribution in [3.8, 4) is 0 Å². The summed E-state index contributed by atoms with van der Waals surface area (Å²) in [6.07, 6.45) is 1.11. The molecule has 0 spiro atoms. The van der Waals surface area contributed by atoms with Crippen LogP contribution < -0.4 is 5.32 Å². The van der Waals surface area contributed by atoms with Gasteiger partial charge in [0.1, 0.15) is 5.84 Å². The summed E-state index contributed by atoms with van der Waals surface area (Å²) in [5.41, 5.74) is 2.71. The number of amidine groups is 1. The van der Waals surface area contributed by atoms with Gasteiger partial charge in [-0.25, -0.2) is 0 Å². The third kappa shape index (κ3) is 2.92. The average molecular weight is 244 g/mol. The number of aliphatic imine (C=N–C) groups is 1. The summed E-state index contributed by atoms with van der Waals surface area (Å²) in [6.45, 7) is 11.2. The molecule has 98 valence electrons. The molecule has 0 amide bonds. The van der Waals surface area contributed by atoms with Crippen molar-refractivity contribution in [3.63, 3.8) is 0 Å². The van der Waals surface area contributed by atoms with Crippen molar-refractivity contribution in [3.05, 3.63) is 35.4 Å². The third-order valence-electron chi connectivity index (χ3n) is 3.57. The van der Waals surface area contributed by atoms with E-state index in [2.05, 4.69) is 64.2 Å². The van der Waals surface area contributed by atoms with Crippen LogP contribution in [0.15, 0.2) is 29.3 Å². The van der Waals surface area contributed by atoms with Crippen LogP contribution in [0.2, 0.25) is 0 Å². The lowest BCUT2D eigenvalue weighted by atomic mass is 9.82. The molecule has 1 aliphatic heterocycles. The fourth-order valence-electron chi connectivity index (χ4n) is 2.29. The molecule has 2 atom stereocenters. The second-order valence-electron chi connectivity index (χ2n) is 6.51. The zero-order chi connectivity index (χ0) is 13.3. The molecular formula is C16H24N2. The Morgan fingerprint density at radius 2 is 1.78 bits per heavy atom. The van der Waals surface area contributed by atoms with Crippen LogP contribution in [0.1, 0.15) is 45.2 Å². The Morgan fingerprint density at radius 1 is 1.17 bits per heavy atom. The second-order valence-corrected chi connectivity index (χ2v) is 6.51. The normalized spacial score (nSPS) is 24.4. The first-order valence-corrected chi connectivity index (χ1v) is 6.77. The summed E-state index contributed by atoms with van der Waals surface area (Å²) in [5, 5.41) is 3.50. The Morgan fingerprint density at radius 3 is 2.33 bits per heavy atom. The van der Waals surface area contributed by atoms with Gasteiger partial charge in [-0.05, 0) is 25.7 Å². The quantitative estimate of drug-likeness (QED) is 0.803. The van der Waals surface area contributed by atoms with Crippen molar-refractivity contribution in [1.29, 1.82) is 0 Å². The van der Waals surface area contributed by atoms with Crippen LogP contribution in [-0.2, 0) is 0 Å². The Hall–Kier alpha value is -1.31. The molecule has 2 heteroatoms. The molecule has 0 fully saturated rings. The van der Waals surface area contributed by atoms with E-state index in [1.54, 1.807) is 0 Å². The smallest absolute Gasteiger partial charge is 0.128 e. The van der Waals surface area contributed by atoms with Crippen molar-refractivity contribution >= 4 is 5.84 Å². The molecule has 0 saturated carbocycles.